The van der Waals surface area contributed by atoms with Crippen molar-refractivity contribution in [2.75, 3.05) is 17.3 Å². The van der Waals surface area contributed by atoms with Crippen LogP contribution in [0.25, 0.3) is 0 Å². The summed E-state index contributed by atoms with van der Waals surface area (Å²) in [5.41, 5.74) is 1.92. The van der Waals surface area contributed by atoms with Gasteiger partial charge in [-0.15, -0.1) is 24.0 Å². The van der Waals surface area contributed by atoms with E-state index < -0.39 is 0 Å². The average molecular weight is 331 g/mol. The van der Waals surface area contributed by atoms with Gasteiger partial charge in [0.2, 0.25) is 5.91 Å². The summed E-state index contributed by atoms with van der Waals surface area (Å²) in [5.74, 6) is -0.158. The van der Waals surface area contributed by atoms with Crippen LogP contribution in [-0.2, 0) is 10.2 Å². The molecule has 0 fully saturated rings. The molecule has 2 heterocycles. The normalized spacial score (nSPS) is 15.3. The molecule has 1 aromatic heterocycles. The highest BCUT2D eigenvalue weighted by molar-refractivity contribution is 6.29. The molecule has 4 nitrogen and oxygen atoms in total. The summed E-state index contributed by atoms with van der Waals surface area (Å²) in [6.45, 7) is 6.58. The van der Waals surface area contributed by atoms with Crippen LogP contribution >= 0.6 is 24.0 Å². The molecule has 1 aromatic rings. The molecule has 1 aliphatic heterocycles. The number of alkyl halides is 1. The van der Waals surface area contributed by atoms with E-state index in [0.717, 1.165) is 17.8 Å². The highest BCUT2D eigenvalue weighted by atomic mass is 35.5. The van der Waals surface area contributed by atoms with Gasteiger partial charge in [0.05, 0.1) is 11.4 Å². The maximum Gasteiger partial charge on any atom is 0.241 e. The third-order valence-corrected chi connectivity index (χ3v) is 3.80. The molecule has 116 valence electrons. The van der Waals surface area contributed by atoms with Crippen LogP contribution < -0.4 is 4.90 Å². The van der Waals surface area contributed by atoms with Gasteiger partial charge >= 0.3 is 0 Å². The smallest absolute Gasteiger partial charge is 0.241 e. The Bertz CT molecular complexity index is 559. The van der Waals surface area contributed by atoms with Crippen LogP contribution in [-0.4, -0.2) is 29.1 Å². The zero-order valence-electron chi connectivity index (χ0n) is 12.5. The summed E-state index contributed by atoms with van der Waals surface area (Å²) in [5, 5.41) is 0. The number of rotatable bonds is 4. The fourth-order valence-electron chi connectivity index (χ4n) is 2.55. The van der Waals surface area contributed by atoms with Gasteiger partial charge in [-0.05, 0) is 12.5 Å². The minimum atomic E-state index is -0.219. The molecule has 0 spiro atoms. The molecule has 0 bridgehead atoms. The van der Waals surface area contributed by atoms with Crippen molar-refractivity contribution in [3.8, 4) is 0 Å². The summed E-state index contributed by atoms with van der Waals surface area (Å²) >= 11 is 5.67. The number of halogens is 2. The Morgan fingerprint density at radius 1 is 1.43 bits per heavy atom. The van der Waals surface area contributed by atoms with Crippen molar-refractivity contribution in [2.45, 2.75) is 39.0 Å². The van der Waals surface area contributed by atoms with Gasteiger partial charge in [-0.1, -0.05) is 20.8 Å². The zero-order valence-corrected chi connectivity index (χ0v) is 14.1. The number of anilines is 1. The van der Waals surface area contributed by atoms with Gasteiger partial charge in [0.25, 0.3) is 0 Å². The lowest BCUT2D eigenvalue weighted by atomic mass is 9.91. The number of amides is 1. The lowest BCUT2D eigenvalue weighted by Gasteiger charge is -2.19. The molecular weight excluding hydrogens is 311 g/mol. The van der Waals surface area contributed by atoms with Crippen LogP contribution in [0, 0.1) is 0 Å². The molecule has 0 aliphatic carbocycles. The van der Waals surface area contributed by atoms with Crippen LogP contribution in [0.15, 0.2) is 12.3 Å². The highest BCUT2D eigenvalue weighted by Crippen LogP contribution is 2.39. The SMILES string of the molecule is CCCC(=O)c1cnc2c(c1)N(C(=O)CCl)CC2(C)C.Cl. The van der Waals surface area contributed by atoms with Gasteiger partial charge in [-0.25, -0.2) is 0 Å². The number of nitrogens with zero attached hydrogens (tertiary/aromatic N) is 2. The second kappa shape index (κ2) is 6.75. The van der Waals surface area contributed by atoms with E-state index in [2.05, 4.69) is 4.98 Å². The van der Waals surface area contributed by atoms with Gasteiger partial charge in [-0.3, -0.25) is 14.6 Å². The molecule has 0 N–H and O–H groups in total. The van der Waals surface area contributed by atoms with E-state index in [1.54, 1.807) is 17.2 Å². The number of carbonyl (C=O) groups is 2. The molecule has 1 amide bonds. The highest BCUT2D eigenvalue weighted by Gasteiger charge is 2.39. The van der Waals surface area contributed by atoms with Crippen LogP contribution in [0.5, 0.6) is 0 Å². The van der Waals surface area contributed by atoms with Crippen molar-refractivity contribution in [3.63, 3.8) is 0 Å². The molecule has 21 heavy (non-hydrogen) atoms. The molecule has 1 aliphatic rings. The number of hydrogen-bond donors (Lipinski definition) is 0. The Kier molecular flexibility index (Phi) is 5.76. The number of pyridine rings is 1. The third kappa shape index (κ3) is 3.38. The first-order valence-electron chi connectivity index (χ1n) is 6.80. The fourth-order valence-corrected chi connectivity index (χ4v) is 2.70. The van der Waals surface area contributed by atoms with E-state index in [1.807, 2.05) is 20.8 Å². The summed E-state index contributed by atoms with van der Waals surface area (Å²) in [4.78, 5) is 30.0. The molecular formula is C15H20Cl2N2O2. The number of carbonyl (C=O) groups excluding carboxylic acids is 2. The Morgan fingerprint density at radius 2 is 2.10 bits per heavy atom. The summed E-state index contributed by atoms with van der Waals surface area (Å²) in [6.07, 6.45) is 2.91. The predicted molar refractivity (Wildman–Crippen MR) is 86.8 cm³/mol. The Hall–Kier alpha value is -1.13. The number of hydrogen-bond acceptors (Lipinski definition) is 3. The van der Waals surface area contributed by atoms with E-state index in [0.29, 0.717) is 18.5 Å². The Balaban J connectivity index is 0.00000220. The van der Waals surface area contributed by atoms with Crippen LogP contribution in [0.2, 0.25) is 0 Å². The minimum Gasteiger partial charge on any atom is -0.309 e. The van der Waals surface area contributed by atoms with Gasteiger partial charge in [0.1, 0.15) is 5.88 Å². The first kappa shape index (κ1) is 17.9. The van der Waals surface area contributed by atoms with Crippen molar-refractivity contribution >= 4 is 41.4 Å². The summed E-state index contributed by atoms with van der Waals surface area (Å²) in [6, 6.07) is 1.78. The second-order valence-electron chi connectivity index (χ2n) is 5.76. The van der Waals surface area contributed by atoms with Crippen molar-refractivity contribution < 1.29 is 9.59 Å². The van der Waals surface area contributed by atoms with Gasteiger partial charge in [-0.2, -0.15) is 0 Å². The minimum absolute atomic E-state index is 0. The topological polar surface area (TPSA) is 50.3 Å². The van der Waals surface area contributed by atoms with Crippen molar-refractivity contribution in [3.05, 3.63) is 23.5 Å². The number of Topliss-reactive ketones (excluding diaryl/α,β-unsaturated/α-hetero) is 1. The lowest BCUT2D eigenvalue weighted by Crippen LogP contribution is -2.34. The molecule has 2 rings (SSSR count). The zero-order chi connectivity index (χ0) is 14.9. The van der Waals surface area contributed by atoms with Crippen molar-refractivity contribution in [1.82, 2.24) is 4.98 Å². The third-order valence-electron chi connectivity index (χ3n) is 3.57. The first-order chi connectivity index (χ1) is 9.40. The fraction of sp³-hybridized carbons (Fsp3) is 0.533. The molecule has 0 saturated heterocycles. The summed E-state index contributed by atoms with van der Waals surface area (Å²) in [7, 11) is 0. The molecule has 0 radical (unpaired) electrons. The quantitative estimate of drug-likeness (QED) is 0.628. The summed E-state index contributed by atoms with van der Waals surface area (Å²) < 4.78 is 0. The molecule has 6 heteroatoms. The van der Waals surface area contributed by atoms with Crippen molar-refractivity contribution in [2.24, 2.45) is 0 Å². The Morgan fingerprint density at radius 3 is 2.67 bits per heavy atom. The van der Waals surface area contributed by atoms with E-state index in [4.69, 9.17) is 11.6 Å². The van der Waals surface area contributed by atoms with E-state index >= 15 is 0 Å². The van der Waals surface area contributed by atoms with Gasteiger partial charge < -0.3 is 4.90 Å². The number of aromatic nitrogens is 1. The largest absolute Gasteiger partial charge is 0.309 e. The molecule has 0 atom stereocenters. The van der Waals surface area contributed by atoms with Crippen LogP contribution in [0.1, 0.15) is 49.7 Å². The number of ketones is 1. The maximum atomic E-state index is 12.0. The van der Waals surface area contributed by atoms with E-state index in [9.17, 15) is 9.59 Å². The van der Waals surface area contributed by atoms with Crippen LogP contribution in [0.3, 0.4) is 0 Å². The van der Waals surface area contributed by atoms with E-state index in [-0.39, 0.29) is 35.4 Å². The monoisotopic (exact) mass is 330 g/mol. The average Bonchev–Trinajstić information content (AvgIpc) is 2.70. The van der Waals surface area contributed by atoms with Gasteiger partial charge in [0.15, 0.2) is 5.78 Å². The van der Waals surface area contributed by atoms with Gasteiger partial charge in [0, 0.05) is 30.1 Å². The molecule has 0 aromatic carbocycles. The molecule has 0 saturated carbocycles. The number of fused-ring (bicyclic) bond motifs is 1. The maximum absolute atomic E-state index is 12.0. The first-order valence-corrected chi connectivity index (χ1v) is 7.34. The van der Waals surface area contributed by atoms with E-state index in [1.165, 1.54) is 0 Å². The predicted octanol–water partition coefficient (Wildman–Crippen LogP) is 3.35. The standard InChI is InChI=1S/C15H19ClN2O2.ClH/c1-4-5-12(19)10-6-11-14(17-8-10)15(2,3)9-18(11)13(20)7-16;/h6,8H,4-5,7,9H2,1-3H3;1H. The van der Waals surface area contributed by atoms with Crippen LogP contribution in [0.4, 0.5) is 5.69 Å². The van der Waals surface area contributed by atoms with Crippen molar-refractivity contribution in [1.29, 1.82) is 0 Å². The Labute approximate surface area is 136 Å². The second-order valence-corrected chi connectivity index (χ2v) is 6.03. The molecule has 0 unspecified atom stereocenters. The lowest BCUT2D eigenvalue weighted by molar-refractivity contribution is -0.116.